The van der Waals surface area contributed by atoms with E-state index in [1.165, 1.54) is 6.39 Å². The molecular formula is C6H5N3O. The maximum atomic E-state index is 7.25. The van der Waals surface area contributed by atoms with Crippen LogP contribution in [0.15, 0.2) is 23.1 Å². The Morgan fingerprint density at radius 3 is 3.30 bits per heavy atom. The smallest absolute Gasteiger partial charge is 0.224 e. The minimum Gasteiger partial charge on any atom is -0.427 e. The van der Waals surface area contributed by atoms with Gasteiger partial charge in [0, 0.05) is 6.20 Å². The molecule has 0 amide bonds. The highest BCUT2D eigenvalue weighted by molar-refractivity contribution is 5.72. The number of H-pyrrole nitrogens is 1. The number of hydrogen-bond acceptors (Lipinski definition) is 3. The minimum absolute atomic E-state index is 0.145. The van der Waals surface area contributed by atoms with Gasteiger partial charge in [0.25, 0.3) is 0 Å². The number of aromatic nitrogens is 2. The predicted molar refractivity (Wildman–Crippen MR) is 34.2 cm³/mol. The lowest BCUT2D eigenvalue weighted by Crippen LogP contribution is -1.97. The van der Waals surface area contributed by atoms with Gasteiger partial charge in [-0.15, -0.1) is 0 Å². The second-order valence-electron chi connectivity index (χ2n) is 1.92. The van der Waals surface area contributed by atoms with Gasteiger partial charge in [-0.25, -0.2) is 4.98 Å². The summed E-state index contributed by atoms with van der Waals surface area (Å²) in [5, 5.41) is 7.96. The molecule has 0 saturated heterocycles. The molecule has 0 aliphatic carbocycles. The monoisotopic (exact) mass is 135 g/mol. The Kier molecular flexibility index (Phi) is 0.887. The van der Waals surface area contributed by atoms with Gasteiger partial charge in [-0.05, 0) is 6.07 Å². The van der Waals surface area contributed by atoms with Crippen LogP contribution in [0.2, 0.25) is 0 Å². The molecule has 10 heavy (non-hydrogen) atoms. The van der Waals surface area contributed by atoms with Crippen molar-refractivity contribution in [2.45, 2.75) is 0 Å². The van der Waals surface area contributed by atoms with Crippen molar-refractivity contribution in [3.05, 3.63) is 24.2 Å². The van der Waals surface area contributed by atoms with Crippen molar-refractivity contribution in [3.63, 3.8) is 0 Å². The third-order valence-electron chi connectivity index (χ3n) is 1.32. The van der Waals surface area contributed by atoms with Gasteiger partial charge in [0.15, 0.2) is 6.39 Å². The fraction of sp³-hybridized carbons (Fsp3) is 0. The zero-order valence-electron chi connectivity index (χ0n) is 5.09. The van der Waals surface area contributed by atoms with Gasteiger partial charge in [-0.3, -0.25) is 5.41 Å². The Labute approximate surface area is 56.0 Å². The molecule has 0 spiro atoms. The van der Waals surface area contributed by atoms with E-state index in [1.807, 2.05) is 0 Å². The van der Waals surface area contributed by atoms with Crippen molar-refractivity contribution in [3.8, 4) is 0 Å². The lowest BCUT2D eigenvalue weighted by Gasteiger charge is -1.84. The van der Waals surface area contributed by atoms with E-state index in [4.69, 9.17) is 9.83 Å². The van der Waals surface area contributed by atoms with Gasteiger partial charge in [-0.2, -0.15) is 0 Å². The molecule has 2 aromatic heterocycles. The first-order valence-corrected chi connectivity index (χ1v) is 2.83. The van der Waals surface area contributed by atoms with Crippen LogP contribution >= 0.6 is 0 Å². The van der Waals surface area contributed by atoms with Crippen molar-refractivity contribution < 1.29 is 4.42 Å². The molecule has 0 saturated carbocycles. The number of rotatable bonds is 0. The molecule has 2 rings (SSSR count). The number of aromatic amines is 1. The van der Waals surface area contributed by atoms with E-state index < -0.39 is 0 Å². The van der Waals surface area contributed by atoms with Crippen molar-refractivity contribution >= 4 is 11.0 Å². The average Bonchev–Trinajstić information content (AvgIpc) is 2.36. The standard InChI is InChI=1S/C6H5N3O/c7-5-4-1-2-8-6(4)9-3-10-5/h1-3,7-8H. The van der Waals surface area contributed by atoms with Crippen LogP contribution in [0.3, 0.4) is 0 Å². The molecule has 4 heteroatoms. The second kappa shape index (κ2) is 1.70. The summed E-state index contributed by atoms with van der Waals surface area (Å²) in [7, 11) is 0. The van der Waals surface area contributed by atoms with E-state index in [-0.39, 0.29) is 5.55 Å². The van der Waals surface area contributed by atoms with E-state index in [0.29, 0.717) is 11.0 Å². The molecule has 0 radical (unpaired) electrons. The quantitative estimate of drug-likeness (QED) is 0.556. The lowest BCUT2D eigenvalue weighted by atomic mass is 10.4. The summed E-state index contributed by atoms with van der Waals surface area (Å²) in [6.45, 7) is 0. The van der Waals surface area contributed by atoms with Crippen LogP contribution in [0.25, 0.3) is 11.0 Å². The molecule has 2 aromatic rings. The second-order valence-corrected chi connectivity index (χ2v) is 1.92. The summed E-state index contributed by atoms with van der Waals surface area (Å²) in [4.78, 5) is 6.73. The molecule has 0 aliphatic rings. The lowest BCUT2D eigenvalue weighted by molar-refractivity contribution is 0.479. The molecule has 0 bridgehead atoms. The molecule has 0 unspecified atom stereocenters. The molecule has 50 valence electrons. The summed E-state index contributed by atoms with van der Waals surface area (Å²) in [5.41, 5.74) is 0.836. The third-order valence-corrected chi connectivity index (χ3v) is 1.32. The molecule has 0 fully saturated rings. The van der Waals surface area contributed by atoms with Crippen molar-refractivity contribution in [1.82, 2.24) is 9.97 Å². The average molecular weight is 135 g/mol. The maximum Gasteiger partial charge on any atom is 0.224 e. The number of nitrogens with one attached hydrogen (secondary N) is 2. The third kappa shape index (κ3) is 0.556. The first-order chi connectivity index (χ1) is 4.88. The molecule has 0 aromatic carbocycles. The highest BCUT2D eigenvalue weighted by atomic mass is 16.3. The Hall–Kier alpha value is -1.58. The number of nitrogens with zero attached hydrogens (tertiary/aromatic N) is 1. The zero-order valence-corrected chi connectivity index (χ0v) is 5.09. The maximum absolute atomic E-state index is 7.25. The zero-order chi connectivity index (χ0) is 6.97. The van der Waals surface area contributed by atoms with E-state index in [2.05, 4.69) is 9.97 Å². The van der Waals surface area contributed by atoms with Gasteiger partial charge in [0.05, 0.1) is 5.39 Å². The fourth-order valence-electron chi connectivity index (χ4n) is 0.846. The van der Waals surface area contributed by atoms with Crippen LogP contribution in [0.4, 0.5) is 0 Å². The fourth-order valence-corrected chi connectivity index (χ4v) is 0.846. The van der Waals surface area contributed by atoms with Crippen LogP contribution in [0.5, 0.6) is 0 Å². The highest BCUT2D eigenvalue weighted by Gasteiger charge is 1.95. The van der Waals surface area contributed by atoms with Crippen molar-refractivity contribution in [1.29, 1.82) is 5.41 Å². The summed E-state index contributed by atoms with van der Waals surface area (Å²) in [6.07, 6.45) is 2.98. The van der Waals surface area contributed by atoms with E-state index in [0.717, 1.165) is 0 Å². The molecule has 2 N–H and O–H groups in total. The normalized spacial score (nSPS) is 10.4. The first kappa shape index (κ1) is 5.22. The van der Waals surface area contributed by atoms with Crippen molar-refractivity contribution in [2.75, 3.05) is 0 Å². The van der Waals surface area contributed by atoms with Gasteiger partial charge < -0.3 is 9.40 Å². The van der Waals surface area contributed by atoms with Gasteiger partial charge in [0.1, 0.15) is 5.65 Å². The van der Waals surface area contributed by atoms with Crippen LogP contribution < -0.4 is 5.55 Å². The van der Waals surface area contributed by atoms with Gasteiger partial charge in [-0.1, -0.05) is 0 Å². The summed E-state index contributed by atoms with van der Waals surface area (Å²) in [6, 6.07) is 1.76. The minimum atomic E-state index is 0.145. The predicted octanol–water partition coefficient (Wildman–Crippen LogP) is 0.635. The molecular weight excluding hydrogens is 130 g/mol. The molecule has 0 aliphatic heterocycles. The van der Waals surface area contributed by atoms with Crippen LogP contribution in [-0.4, -0.2) is 9.97 Å². The van der Waals surface area contributed by atoms with Gasteiger partial charge >= 0.3 is 0 Å². The highest BCUT2D eigenvalue weighted by Crippen LogP contribution is 2.00. The molecule has 4 nitrogen and oxygen atoms in total. The summed E-state index contributed by atoms with van der Waals surface area (Å²) >= 11 is 0. The van der Waals surface area contributed by atoms with Gasteiger partial charge in [0.2, 0.25) is 5.55 Å². The summed E-state index contributed by atoms with van der Waals surface area (Å²) in [5.74, 6) is 0. The van der Waals surface area contributed by atoms with E-state index >= 15 is 0 Å². The first-order valence-electron chi connectivity index (χ1n) is 2.83. The Morgan fingerprint density at radius 2 is 2.50 bits per heavy atom. The number of fused-ring (bicyclic) bond motifs is 1. The van der Waals surface area contributed by atoms with Crippen LogP contribution in [0, 0.1) is 5.41 Å². The Morgan fingerprint density at radius 1 is 1.60 bits per heavy atom. The van der Waals surface area contributed by atoms with Crippen molar-refractivity contribution in [2.24, 2.45) is 0 Å². The van der Waals surface area contributed by atoms with Crippen LogP contribution in [0.1, 0.15) is 0 Å². The summed E-state index contributed by atoms with van der Waals surface area (Å²) < 4.78 is 4.73. The topological polar surface area (TPSA) is 65.7 Å². The largest absolute Gasteiger partial charge is 0.427 e. The SMILES string of the molecule is N=c1ocnc2[nH]ccc12. The van der Waals surface area contributed by atoms with E-state index in [1.54, 1.807) is 12.3 Å². The van der Waals surface area contributed by atoms with E-state index in [9.17, 15) is 0 Å². The van der Waals surface area contributed by atoms with Crippen LogP contribution in [-0.2, 0) is 0 Å². The Balaban J connectivity index is 3.09. The number of hydrogen-bond donors (Lipinski definition) is 2. The molecule has 2 heterocycles. The Bertz CT molecular complexity index is 400. The molecule has 0 atom stereocenters.